The van der Waals surface area contributed by atoms with Gasteiger partial charge in [-0.2, -0.15) is 0 Å². The molecule has 1 aliphatic rings. The van der Waals surface area contributed by atoms with E-state index >= 15 is 0 Å². The third-order valence-electron chi connectivity index (χ3n) is 3.31. The van der Waals surface area contributed by atoms with Crippen molar-refractivity contribution in [3.63, 3.8) is 0 Å². The summed E-state index contributed by atoms with van der Waals surface area (Å²) in [7, 11) is 0. The van der Waals surface area contributed by atoms with Crippen LogP contribution in [-0.4, -0.2) is 36.6 Å². The highest BCUT2D eigenvalue weighted by molar-refractivity contribution is 5.77. The molecule has 1 fully saturated rings. The van der Waals surface area contributed by atoms with Crippen molar-refractivity contribution in [3.8, 4) is 5.75 Å². The molecule has 0 radical (unpaired) electrons. The summed E-state index contributed by atoms with van der Waals surface area (Å²) in [5.74, 6) is 5.86. The van der Waals surface area contributed by atoms with Crippen LogP contribution in [0.2, 0.25) is 0 Å². The zero-order chi connectivity index (χ0) is 13.7. The van der Waals surface area contributed by atoms with Crippen LogP contribution in [0.15, 0.2) is 24.3 Å². The fourth-order valence-electron chi connectivity index (χ4n) is 2.15. The molecule has 2 rings (SSSR count). The van der Waals surface area contributed by atoms with Crippen molar-refractivity contribution in [3.05, 3.63) is 29.8 Å². The maximum Gasteiger partial charge on any atom is 0.260 e. The van der Waals surface area contributed by atoms with Crippen molar-refractivity contribution < 1.29 is 14.4 Å². The van der Waals surface area contributed by atoms with Gasteiger partial charge in [-0.05, 0) is 31.9 Å². The second-order valence-electron chi connectivity index (χ2n) is 4.84. The summed E-state index contributed by atoms with van der Waals surface area (Å²) in [4.78, 5) is 18.6. The molecule has 0 aromatic heterocycles. The minimum absolute atomic E-state index is 0.0256. The van der Waals surface area contributed by atoms with Gasteiger partial charge in [0.1, 0.15) is 5.75 Å². The van der Waals surface area contributed by atoms with Crippen LogP contribution in [0.5, 0.6) is 5.75 Å². The molecule has 5 heteroatoms. The van der Waals surface area contributed by atoms with Crippen LogP contribution in [-0.2, 0) is 9.63 Å². The molecule has 1 heterocycles. The van der Waals surface area contributed by atoms with Gasteiger partial charge >= 0.3 is 0 Å². The van der Waals surface area contributed by atoms with Crippen molar-refractivity contribution in [1.29, 1.82) is 0 Å². The van der Waals surface area contributed by atoms with E-state index in [-0.39, 0.29) is 18.6 Å². The van der Waals surface area contributed by atoms with Crippen LogP contribution in [0.4, 0.5) is 0 Å². The number of amides is 1. The molecule has 1 amide bonds. The molecule has 1 aromatic rings. The summed E-state index contributed by atoms with van der Waals surface area (Å²) in [6.07, 6.45) is 1.76. The van der Waals surface area contributed by atoms with Crippen molar-refractivity contribution in [2.75, 3.05) is 19.7 Å². The number of hydrogen-bond donors (Lipinski definition) is 1. The van der Waals surface area contributed by atoms with Gasteiger partial charge in [-0.25, -0.2) is 5.90 Å². The lowest BCUT2D eigenvalue weighted by molar-refractivity contribution is -0.137. The summed E-state index contributed by atoms with van der Waals surface area (Å²) in [5, 5.41) is 0. The predicted molar refractivity (Wildman–Crippen MR) is 71.5 cm³/mol. The SMILES string of the molecule is Cc1ccc(OCC(=O)N2CCCC(ON)C2)cc1. The van der Waals surface area contributed by atoms with Gasteiger partial charge in [0.25, 0.3) is 5.91 Å². The lowest BCUT2D eigenvalue weighted by Crippen LogP contribution is -2.45. The van der Waals surface area contributed by atoms with Crippen LogP contribution in [0, 0.1) is 6.92 Å². The fourth-order valence-corrected chi connectivity index (χ4v) is 2.15. The summed E-state index contributed by atoms with van der Waals surface area (Å²) < 4.78 is 5.48. The molecule has 104 valence electrons. The standard InChI is InChI=1S/C14H20N2O3/c1-11-4-6-12(7-5-11)18-10-14(17)16-8-2-3-13(9-16)19-15/h4-7,13H,2-3,8-10,15H2,1H3. The number of likely N-dealkylation sites (tertiary alicyclic amines) is 1. The van der Waals surface area contributed by atoms with Crippen molar-refractivity contribution >= 4 is 5.91 Å². The highest BCUT2D eigenvalue weighted by Crippen LogP contribution is 2.14. The first-order valence-corrected chi connectivity index (χ1v) is 6.52. The zero-order valence-corrected chi connectivity index (χ0v) is 11.2. The first-order chi connectivity index (χ1) is 9.19. The van der Waals surface area contributed by atoms with Crippen LogP contribution >= 0.6 is 0 Å². The van der Waals surface area contributed by atoms with Gasteiger partial charge in [0.2, 0.25) is 0 Å². The number of rotatable bonds is 4. The average Bonchev–Trinajstić information content (AvgIpc) is 2.46. The molecule has 2 N–H and O–H groups in total. The van der Waals surface area contributed by atoms with Gasteiger partial charge in [0.05, 0.1) is 6.10 Å². The molecule has 1 unspecified atom stereocenters. The Balaban J connectivity index is 1.82. The Morgan fingerprint density at radius 1 is 1.42 bits per heavy atom. The van der Waals surface area contributed by atoms with Gasteiger partial charge in [-0.3, -0.25) is 9.63 Å². The maximum atomic E-state index is 12.0. The normalized spacial score (nSPS) is 19.3. The lowest BCUT2D eigenvalue weighted by atomic mass is 10.1. The molecular weight excluding hydrogens is 244 g/mol. The second-order valence-corrected chi connectivity index (χ2v) is 4.84. The van der Waals surface area contributed by atoms with Crippen LogP contribution in [0.25, 0.3) is 0 Å². The molecule has 5 nitrogen and oxygen atoms in total. The van der Waals surface area contributed by atoms with Crippen LogP contribution in [0.3, 0.4) is 0 Å². The third-order valence-corrected chi connectivity index (χ3v) is 3.31. The summed E-state index contributed by atoms with van der Waals surface area (Å²) in [5.41, 5.74) is 1.16. The van der Waals surface area contributed by atoms with E-state index in [0.717, 1.165) is 24.9 Å². The largest absolute Gasteiger partial charge is 0.484 e. The molecule has 1 saturated heterocycles. The topological polar surface area (TPSA) is 64.8 Å². The highest BCUT2D eigenvalue weighted by Gasteiger charge is 2.23. The summed E-state index contributed by atoms with van der Waals surface area (Å²) in [6.45, 7) is 3.36. The van der Waals surface area contributed by atoms with Crippen molar-refractivity contribution in [2.24, 2.45) is 5.90 Å². The minimum atomic E-state index is -0.0583. The number of nitrogens with zero attached hydrogens (tertiary/aromatic N) is 1. The Hall–Kier alpha value is -1.59. The molecule has 1 aliphatic heterocycles. The molecule has 0 saturated carbocycles. The number of benzene rings is 1. The number of ether oxygens (including phenoxy) is 1. The number of hydrogen-bond acceptors (Lipinski definition) is 4. The Bertz CT molecular complexity index is 419. The van der Waals surface area contributed by atoms with E-state index in [1.54, 1.807) is 4.90 Å². The van der Waals surface area contributed by atoms with E-state index < -0.39 is 0 Å². The number of nitrogens with two attached hydrogens (primary N) is 1. The molecular formula is C14H20N2O3. The summed E-state index contributed by atoms with van der Waals surface area (Å²) in [6, 6.07) is 7.65. The average molecular weight is 264 g/mol. The van der Waals surface area contributed by atoms with Gasteiger partial charge < -0.3 is 9.64 Å². The van der Waals surface area contributed by atoms with Gasteiger partial charge in [-0.15, -0.1) is 0 Å². The molecule has 19 heavy (non-hydrogen) atoms. The quantitative estimate of drug-likeness (QED) is 0.831. The Morgan fingerprint density at radius 2 is 2.16 bits per heavy atom. The van der Waals surface area contributed by atoms with E-state index in [9.17, 15) is 4.79 Å². The van der Waals surface area contributed by atoms with E-state index in [2.05, 4.69) is 0 Å². The highest BCUT2D eigenvalue weighted by atomic mass is 16.6. The van der Waals surface area contributed by atoms with Crippen LogP contribution in [0.1, 0.15) is 18.4 Å². The molecule has 1 atom stereocenters. The first-order valence-electron chi connectivity index (χ1n) is 6.52. The summed E-state index contributed by atoms with van der Waals surface area (Å²) >= 11 is 0. The smallest absolute Gasteiger partial charge is 0.260 e. The maximum absolute atomic E-state index is 12.0. The number of carbonyl (C=O) groups excluding carboxylic acids is 1. The number of carbonyl (C=O) groups is 1. The van der Waals surface area contributed by atoms with Crippen molar-refractivity contribution in [2.45, 2.75) is 25.9 Å². The van der Waals surface area contributed by atoms with Crippen LogP contribution < -0.4 is 10.6 Å². The minimum Gasteiger partial charge on any atom is -0.484 e. The van der Waals surface area contributed by atoms with E-state index in [0.29, 0.717) is 12.3 Å². The zero-order valence-electron chi connectivity index (χ0n) is 11.2. The molecule has 0 aliphatic carbocycles. The fraction of sp³-hybridized carbons (Fsp3) is 0.500. The van der Waals surface area contributed by atoms with Crippen molar-refractivity contribution in [1.82, 2.24) is 4.90 Å². The van der Waals surface area contributed by atoms with E-state index in [1.165, 1.54) is 0 Å². The Labute approximate surface area is 113 Å². The van der Waals surface area contributed by atoms with Gasteiger partial charge in [0.15, 0.2) is 6.61 Å². The Morgan fingerprint density at radius 3 is 2.84 bits per heavy atom. The lowest BCUT2D eigenvalue weighted by Gasteiger charge is -2.31. The monoisotopic (exact) mass is 264 g/mol. The van der Waals surface area contributed by atoms with E-state index in [1.807, 2.05) is 31.2 Å². The van der Waals surface area contributed by atoms with Gasteiger partial charge in [0, 0.05) is 13.1 Å². The van der Waals surface area contributed by atoms with Gasteiger partial charge in [-0.1, -0.05) is 17.7 Å². The molecule has 0 spiro atoms. The predicted octanol–water partition coefficient (Wildman–Crippen LogP) is 1.26. The molecule has 0 bridgehead atoms. The number of aryl methyl sites for hydroxylation is 1. The third kappa shape index (κ3) is 3.94. The van der Waals surface area contributed by atoms with E-state index in [4.69, 9.17) is 15.5 Å². The number of piperidine rings is 1. The second kappa shape index (κ2) is 6.54. The molecule has 1 aromatic carbocycles. The first kappa shape index (κ1) is 13.8. The Kier molecular flexibility index (Phi) is 4.76.